The lowest BCUT2D eigenvalue weighted by Gasteiger charge is -2.17. The topological polar surface area (TPSA) is 20.3 Å². The minimum absolute atomic E-state index is 0.0184. The summed E-state index contributed by atoms with van der Waals surface area (Å²) >= 11 is 1.70. The van der Waals surface area contributed by atoms with Gasteiger partial charge in [0, 0.05) is 19.8 Å². The summed E-state index contributed by atoms with van der Waals surface area (Å²) in [5.41, 5.74) is 3.90. The van der Waals surface area contributed by atoms with Crippen molar-refractivity contribution >= 4 is 17.7 Å². The van der Waals surface area contributed by atoms with Gasteiger partial charge in [-0.2, -0.15) is 0 Å². The number of carbonyl (C=O) groups excluding carboxylic acids is 1. The van der Waals surface area contributed by atoms with Gasteiger partial charge < -0.3 is 4.90 Å². The fourth-order valence-electron chi connectivity index (χ4n) is 1.61. The van der Waals surface area contributed by atoms with Crippen molar-refractivity contribution in [2.24, 2.45) is 0 Å². The zero-order valence-electron chi connectivity index (χ0n) is 11.3. The maximum Gasteiger partial charge on any atom is 0.234 e. The van der Waals surface area contributed by atoms with E-state index in [1.54, 1.807) is 30.8 Å². The summed E-state index contributed by atoms with van der Waals surface area (Å²) < 4.78 is 0. The summed E-state index contributed by atoms with van der Waals surface area (Å²) in [5.74, 6) is 1.08. The lowest BCUT2D eigenvalue weighted by molar-refractivity contribution is -0.127. The van der Waals surface area contributed by atoms with Crippen molar-refractivity contribution in [2.45, 2.75) is 31.8 Å². The second-order valence-corrected chi connectivity index (χ2v) is 5.94. The first-order valence-corrected chi connectivity index (χ1v) is 6.85. The molecule has 94 valence electrons. The number of aryl methyl sites for hydroxylation is 2. The van der Waals surface area contributed by atoms with E-state index in [2.05, 4.69) is 32.0 Å². The van der Waals surface area contributed by atoms with Crippen molar-refractivity contribution in [3.63, 3.8) is 0 Å². The molecule has 0 aliphatic rings. The highest BCUT2D eigenvalue weighted by molar-refractivity contribution is 7.99. The SMILES string of the molecule is Cc1ccc(C)c(CSC(C)C(=O)N(C)C)c1. The molecule has 0 bridgehead atoms. The minimum atomic E-state index is 0.0184. The molecule has 0 N–H and O–H groups in total. The normalized spacial score (nSPS) is 12.3. The fraction of sp³-hybridized carbons (Fsp3) is 0.500. The van der Waals surface area contributed by atoms with Gasteiger partial charge in [0.25, 0.3) is 0 Å². The summed E-state index contributed by atoms with van der Waals surface area (Å²) in [6.45, 7) is 6.19. The Hall–Kier alpha value is -0.960. The van der Waals surface area contributed by atoms with Crippen LogP contribution in [0.2, 0.25) is 0 Å². The zero-order chi connectivity index (χ0) is 13.0. The highest BCUT2D eigenvalue weighted by atomic mass is 32.2. The summed E-state index contributed by atoms with van der Waals surface area (Å²) in [6.07, 6.45) is 0. The molecule has 17 heavy (non-hydrogen) atoms. The molecule has 1 amide bonds. The predicted molar refractivity (Wildman–Crippen MR) is 75.4 cm³/mol. The Kier molecular flexibility index (Phi) is 5.06. The van der Waals surface area contributed by atoms with Crippen molar-refractivity contribution < 1.29 is 4.79 Å². The van der Waals surface area contributed by atoms with Crippen molar-refractivity contribution in [3.05, 3.63) is 34.9 Å². The summed E-state index contributed by atoms with van der Waals surface area (Å²) in [7, 11) is 3.61. The van der Waals surface area contributed by atoms with Crippen LogP contribution in [-0.4, -0.2) is 30.2 Å². The van der Waals surface area contributed by atoms with Crippen LogP contribution in [-0.2, 0) is 10.5 Å². The molecule has 1 atom stereocenters. The Bertz CT molecular complexity index is 401. The number of amides is 1. The average molecular weight is 251 g/mol. The predicted octanol–water partition coefficient (Wildman–Crippen LogP) is 3.01. The quantitative estimate of drug-likeness (QED) is 0.820. The molecule has 0 aromatic heterocycles. The molecule has 1 aromatic rings. The van der Waals surface area contributed by atoms with E-state index in [-0.39, 0.29) is 11.2 Å². The van der Waals surface area contributed by atoms with Gasteiger partial charge in [-0.1, -0.05) is 23.8 Å². The summed E-state index contributed by atoms with van der Waals surface area (Å²) in [4.78, 5) is 13.4. The number of thioether (sulfide) groups is 1. The molecule has 0 saturated carbocycles. The third kappa shape index (κ3) is 4.08. The molecule has 0 aliphatic heterocycles. The Morgan fingerprint density at radius 2 is 2.00 bits per heavy atom. The highest BCUT2D eigenvalue weighted by Gasteiger charge is 2.15. The molecule has 0 spiro atoms. The van der Waals surface area contributed by atoms with Crippen LogP contribution in [0.3, 0.4) is 0 Å². The lowest BCUT2D eigenvalue weighted by Crippen LogP contribution is -2.29. The molecule has 0 fully saturated rings. The molecule has 0 heterocycles. The van der Waals surface area contributed by atoms with E-state index in [1.165, 1.54) is 16.7 Å². The Balaban J connectivity index is 2.61. The first kappa shape index (κ1) is 14.1. The van der Waals surface area contributed by atoms with Crippen LogP contribution in [0.15, 0.2) is 18.2 Å². The highest BCUT2D eigenvalue weighted by Crippen LogP contribution is 2.22. The lowest BCUT2D eigenvalue weighted by atomic mass is 10.1. The van der Waals surface area contributed by atoms with Crippen molar-refractivity contribution in [3.8, 4) is 0 Å². The van der Waals surface area contributed by atoms with Gasteiger partial charge in [-0.25, -0.2) is 0 Å². The third-order valence-corrected chi connectivity index (χ3v) is 3.96. The average Bonchev–Trinajstić information content (AvgIpc) is 2.28. The monoisotopic (exact) mass is 251 g/mol. The number of hydrogen-bond acceptors (Lipinski definition) is 2. The van der Waals surface area contributed by atoms with Gasteiger partial charge in [0.05, 0.1) is 5.25 Å². The second-order valence-electron chi connectivity index (χ2n) is 4.62. The van der Waals surface area contributed by atoms with Crippen LogP contribution in [0.4, 0.5) is 0 Å². The maximum absolute atomic E-state index is 11.7. The van der Waals surface area contributed by atoms with E-state index in [9.17, 15) is 4.79 Å². The van der Waals surface area contributed by atoms with Gasteiger partial charge in [-0.05, 0) is 31.9 Å². The zero-order valence-corrected chi connectivity index (χ0v) is 12.1. The molecule has 0 saturated heterocycles. The van der Waals surface area contributed by atoms with E-state index in [0.29, 0.717) is 0 Å². The van der Waals surface area contributed by atoms with Crippen LogP contribution in [0.25, 0.3) is 0 Å². The smallest absolute Gasteiger partial charge is 0.234 e. The Labute approximate surface area is 108 Å². The van der Waals surface area contributed by atoms with Crippen molar-refractivity contribution in [1.82, 2.24) is 4.90 Å². The van der Waals surface area contributed by atoms with Crippen LogP contribution in [0.1, 0.15) is 23.6 Å². The largest absolute Gasteiger partial charge is 0.348 e. The van der Waals surface area contributed by atoms with Gasteiger partial charge in [-0.3, -0.25) is 4.79 Å². The molecular formula is C14H21NOS. The maximum atomic E-state index is 11.7. The molecule has 1 unspecified atom stereocenters. The molecule has 1 aromatic carbocycles. The van der Waals surface area contributed by atoms with Gasteiger partial charge in [0.2, 0.25) is 5.91 Å². The van der Waals surface area contributed by atoms with E-state index in [0.717, 1.165) is 5.75 Å². The Morgan fingerprint density at radius 1 is 1.35 bits per heavy atom. The number of nitrogens with zero attached hydrogens (tertiary/aromatic N) is 1. The van der Waals surface area contributed by atoms with Crippen LogP contribution < -0.4 is 0 Å². The third-order valence-electron chi connectivity index (χ3n) is 2.78. The number of carbonyl (C=O) groups is 1. The molecule has 0 aliphatic carbocycles. The molecule has 3 heteroatoms. The number of rotatable bonds is 4. The van der Waals surface area contributed by atoms with Gasteiger partial charge in [-0.15, -0.1) is 11.8 Å². The van der Waals surface area contributed by atoms with Crippen LogP contribution >= 0.6 is 11.8 Å². The molecule has 2 nitrogen and oxygen atoms in total. The minimum Gasteiger partial charge on any atom is -0.348 e. The van der Waals surface area contributed by atoms with E-state index >= 15 is 0 Å². The van der Waals surface area contributed by atoms with Crippen molar-refractivity contribution in [1.29, 1.82) is 0 Å². The number of hydrogen-bond donors (Lipinski definition) is 0. The molecule has 1 rings (SSSR count). The number of benzene rings is 1. The van der Waals surface area contributed by atoms with Crippen LogP contribution in [0.5, 0.6) is 0 Å². The van der Waals surface area contributed by atoms with E-state index in [1.807, 2.05) is 6.92 Å². The molecule has 0 radical (unpaired) electrons. The Morgan fingerprint density at radius 3 is 2.59 bits per heavy atom. The second kappa shape index (κ2) is 6.10. The first-order valence-electron chi connectivity index (χ1n) is 5.80. The first-order chi connectivity index (χ1) is 7.91. The van der Waals surface area contributed by atoms with E-state index in [4.69, 9.17) is 0 Å². The molecular weight excluding hydrogens is 230 g/mol. The summed E-state index contributed by atoms with van der Waals surface area (Å²) in [5, 5.41) is 0.0184. The van der Waals surface area contributed by atoms with Gasteiger partial charge in [0.1, 0.15) is 0 Å². The van der Waals surface area contributed by atoms with Crippen molar-refractivity contribution in [2.75, 3.05) is 14.1 Å². The standard InChI is InChI=1S/C14H21NOS/c1-10-6-7-11(2)13(8-10)9-17-12(3)14(16)15(4)5/h6-8,12H,9H2,1-5H3. The fourth-order valence-corrected chi connectivity index (χ4v) is 2.70. The van der Waals surface area contributed by atoms with E-state index < -0.39 is 0 Å². The summed E-state index contributed by atoms with van der Waals surface area (Å²) in [6, 6.07) is 6.47. The van der Waals surface area contributed by atoms with Gasteiger partial charge >= 0.3 is 0 Å². The van der Waals surface area contributed by atoms with Crippen LogP contribution in [0, 0.1) is 13.8 Å². The van der Waals surface area contributed by atoms with Gasteiger partial charge in [0.15, 0.2) is 0 Å².